The van der Waals surface area contributed by atoms with Crippen LogP contribution in [0.2, 0.25) is 0 Å². The third-order valence-corrected chi connectivity index (χ3v) is 7.04. The third kappa shape index (κ3) is 5.19. The number of aliphatic hydroxyl groups excluding tert-OH is 1. The summed E-state index contributed by atoms with van der Waals surface area (Å²) in [6, 6.07) is 6.39. The summed E-state index contributed by atoms with van der Waals surface area (Å²) >= 11 is 1.59. The van der Waals surface area contributed by atoms with Crippen molar-refractivity contribution in [1.82, 2.24) is 20.5 Å². The lowest BCUT2D eigenvalue weighted by atomic mass is 9.86. The smallest absolute Gasteiger partial charge is 0.243 e. The molecule has 0 radical (unpaired) electrons. The summed E-state index contributed by atoms with van der Waals surface area (Å²) in [4.78, 5) is 33.4. The maximum absolute atomic E-state index is 13.2. The molecule has 2 amide bonds. The SMILES string of the molecule is CN[C@H](C(=O)N1CCC[C@H]1C(=O)N[C@@H](CO)c1ccc(-c2scnc2C)cc1)C(C)(C)C. The fourth-order valence-corrected chi connectivity index (χ4v) is 5.16. The molecule has 174 valence electrons. The second kappa shape index (κ2) is 10.1. The highest BCUT2D eigenvalue weighted by Crippen LogP contribution is 2.29. The van der Waals surface area contributed by atoms with E-state index in [0.29, 0.717) is 13.0 Å². The van der Waals surface area contributed by atoms with Crippen molar-refractivity contribution in [3.8, 4) is 10.4 Å². The highest BCUT2D eigenvalue weighted by atomic mass is 32.1. The molecule has 0 aliphatic carbocycles. The number of likely N-dealkylation sites (tertiary alicyclic amines) is 1. The first-order chi connectivity index (χ1) is 15.2. The zero-order valence-corrected chi connectivity index (χ0v) is 20.3. The van der Waals surface area contributed by atoms with E-state index >= 15 is 0 Å². The van der Waals surface area contributed by atoms with Crippen LogP contribution in [0, 0.1) is 12.3 Å². The Kier molecular flexibility index (Phi) is 7.69. The van der Waals surface area contributed by atoms with Crippen LogP contribution in [0.3, 0.4) is 0 Å². The number of aryl methyl sites for hydroxylation is 1. The molecule has 0 unspecified atom stereocenters. The van der Waals surface area contributed by atoms with Gasteiger partial charge in [-0.05, 0) is 43.4 Å². The van der Waals surface area contributed by atoms with Gasteiger partial charge in [-0.1, -0.05) is 45.0 Å². The molecule has 1 fully saturated rings. The molecule has 0 saturated carbocycles. The average molecular weight is 459 g/mol. The van der Waals surface area contributed by atoms with E-state index in [9.17, 15) is 14.7 Å². The van der Waals surface area contributed by atoms with Crippen molar-refractivity contribution in [2.45, 2.75) is 58.7 Å². The number of rotatable bonds is 7. The Morgan fingerprint density at radius 2 is 1.97 bits per heavy atom. The first kappa shape index (κ1) is 24.4. The lowest BCUT2D eigenvalue weighted by Gasteiger charge is -2.35. The van der Waals surface area contributed by atoms with Gasteiger partial charge in [0.1, 0.15) is 6.04 Å². The van der Waals surface area contributed by atoms with Gasteiger partial charge in [0.05, 0.1) is 34.8 Å². The Morgan fingerprint density at radius 1 is 1.28 bits per heavy atom. The van der Waals surface area contributed by atoms with E-state index in [4.69, 9.17) is 0 Å². The quantitative estimate of drug-likeness (QED) is 0.593. The Balaban J connectivity index is 1.71. The molecule has 3 atom stereocenters. The van der Waals surface area contributed by atoms with E-state index in [0.717, 1.165) is 28.1 Å². The summed E-state index contributed by atoms with van der Waals surface area (Å²) in [5.74, 6) is -0.275. The number of amides is 2. The molecule has 1 aliphatic heterocycles. The van der Waals surface area contributed by atoms with Gasteiger partial charge in [-0.15, -0.1) is 11.3 Å². The van der Waals surface area contributed by atoms with Crippen molar-refractivity contribution < 1.29 is 14.7 Å². The number of likely N-dealkylation sites (N-methyl/N-ethyl adjacent to an activating group) is 1. The molecule has 1 saturated heterocycles. The van der Waals surface area contributed by atoms with Crippen molar-refractivity contribution in [2.75, 3.05) is 20.2 Å². The van der Waals surface area contributed by atoms with Crippen LogP contribution in [0.5, 0.6) is 0 Å². The van der Waals surface area contributed by atoms with Crippen molar-refractivity contribution in [3.05, 3.63) is 41.0 Å². The van der Waals surface area contributed by atoms with E-state index in [1.165, 1.54) is 0 Å². The topological polar surface area (TPSA) is 94.6 Å². The second-order valence-electron chi connectivity index (χ2n) is 9.41. The minimum atomic E-state index is -0.528. The van der Waals surface area contributed by atoms with Gasteiger partial charge in [-0.25, -0.2) is 4.98 Å². The van der Waals surface area contributed by atoms with Crippen LogP contribution in [-0.4, -0.2) is 59.1 Å². The molecule has 3 rings (SSSR count). The van der Waals surface area contributed by atoms with Crippen LogP contribution in [0.15, 0.2) is 29.8 Å². The van der Waals surface area contributed by atoms with Gasteiger partial charge in [0.25, 0.3) is 0 Å². The van der Waals surface area contributed by atoms with Gasteiger partial charge in [-0.2, -0.15) is 0 Å². The number of hydrogen-bond acceptors (Lipinski definition) is 6. The van der Waals surface area contributed by atoms with Gasteiger partial charge >= 0.3 is 0 Å². The Labute approximate surface area is 194 Å². The van der Waals surface area contributed by atoms with E-state index in [2.05, 4.69) is 15.6 Å². The van der Waals surface area contributed by atoms with Crippen molar-refractivity contribution in [1.29, 1.82) is 0 Å². The molecular weight excluding hydrogens is 424 g/mol. The number of benzene rings is 1. The molecule has 1 aliphatic rings. The maximum Gasteiger partial charge on any atom is 0.243 e. The summed E-state index contributed by atoms with van der Waals surface area (Å²) in [6.07, 6.45) is 1.41. The summed E-state index contributed by atoms with van der Waals surface area (Å²) in [6.45, 7) is 8.36. The Hall–Kier alpha value is -2.29. The number of nitrogens with one attached hydrogen (secondary N) is 2. The van der Waals surface area contributed by atoms with E-state index in [-0.39, 0.29) is 29.9 Å². The number of carbonyl (C=O) groups excluding carboxylic acids is 2. The van der Waals surface area contributed by atoms with E-state index in [1.54, 1.807) is 23.3 Å². The highest BCUT2D eigenvalue weighted by Gasteiger charge is 2.40. The molecular formula is C24H34N4O3S. The van der Waals surface area contributed by atoms with Gasteiger partial charge < -0.3 is 20.6 Å². The van der Waals surface area contributed by atoms with Gasteiger partial charge in [0.15, 0.2) is 0 Å². The molecule has 0 bridgehead atoms. The van der Waals surface area contributed by atoms with Gasteiger partial charge in [0.2, 0.25) is 11.8 Å². The fraction of sp³-hybridized carbons (Fsp3) is 0.542. The van der Waals surface area contributed by atoms with Crippen LogP contribution in [0.25, 0.3) is 10.4 Å². The van der Waals surface area contributed by atoms with Crippen LogP contribution in [0.4, 0.5) is 0 Å². The molecule has 1 aromatic carbocycles. The molecule has 2 aromatic rings. The standard InChI is InChI=1S/C24H34N4O3S/c1-15-20(32-14-26-15)17-10-8-16(9-11-17)18(13-29)27-22(30)19-7-6-12-28(19)23(31)21(25-5)24(2,3)4/h8-11,14,18-19,21,25,29H,6-7,12-13H2,1-5H3,(H,27,30)/t18-,19-,21+/m0/s1. The van der Waals surface area contributed by atoms with Crippen molar-refractivity contribution >= 4 is 23.2 Å². The number of aliphatic hydroxyl groups is 1. The molecule has 1 aromatic heterocycles. The normalized spacial score (nSPS) is 18.4. The molecule has 32 heavy (non-hydrogen) atoms. The van der Waals surface area contributed by atoms with Crippen molar-refractivity contribution in [3.63, 3.8) is 0 Å². The molecule has 3 N–H and O–H groups in total. The van der Waals surface area contributed by atoms with E-state index < -0.39 is 12.1 Å². The zero-order chi connectivity index (χ0) is 23.5. The van der Waals surface area contributed by atoms with E-state index in [1.807, 2.05) is 57.5 Å². The first-order valence-electron chi connectivity index (χ1n) is 11.1. The van der Waals surface area contributed by atoms with Crippen molar-refractivity contribution in [2.24, 2.45) is 5.41 Å². The van der Waals surface area contributed by atoms with Crippen LogP contribution in [0.1, 0.15) is 50.9 Å². The monoisotopic (exact) mass is 458 g/mol. The average Bonchev–Trinajstić information content (AvgIpc) is 3.40. The summed E-state index contributed by atoms with van der Waals surface area (Å²) in [5.41, 5.74) is 4.43. The lowest BCUT2D eigenvalue weighted by Crippen LogP contribution is -2.56. The Bertz CT molecular complexity index is 935. The number of hydrogen-bond donors (Lipinski definition) is 3. The molecule has 7 nitrogen and oxygen atoms in total. The minimum absolute atomic E-state index is 0.0533. The Morgan fingerprint density at radius 3 is 2.50 bits per heavy atom. The summed E-state index contributed by atoms with van der Waals surface area (Å²) < 4.78 is 0. The molecule has 2 heterocycles. The van der Waals surface area contributed by atoms with Gasteiger partial charge in [0, 0.05) is 6.54 Å². The van der Waals surface area contributed by atoms with Crippen LogP contribution < -0.4 is 10.6 Å². The first-order valence-corrected chi connectivity index (χ1v) is 11.9. The minimum Gasteiger partial charge on any atom is -0.394 e. The number of nitrogens with zero attached hydrogens (tertiary/aromatic N) is 2. The number of thiazole rings is 1. The fourth-order valence-electron chi connectivity index (χ4n) is 4.34. The zero-order valence-electron chi connectivity index (χ0n) is 19.5. The predicted octanol–water partition coefficient (Wildman–Crippen LogP) is 2.89. The number of carbonyl (C=O) groups is 2. The maximum atomic E-state index is 13.2. The lowest BCUT2D eigenvalue weighted by molar-refractivity contribution is -0.142. The molecule has 0 spiro atoms. The predicted molar refractivity (Wildman–Crippen MR) is 127 cm³/mol. The molecule has 8 heteroatoms. The third-order valence-electron chi connectivity index (χ3n) is 6.06. The van der Waals surface area contributed by atoms with Crippen LogP contribution >= 0.6 is 11.3 Å². The highest BCUT2D eigenvalue weighted by molar-refractivity contribution is 7.13. The largest absolute Gasteiger partial charge is 0.394 e. The summed E-state index contributed by atoms with van der Waals surface area (Å²) in [5, 5.41) is 16.0. The van der Waals surface area contributed by atoms with Crippen LogP contribution in [-0.2, 0) is 9.59 Å². The van der Waals surface area contributed by atoms with Gasteiger partial charge in [-0.3, -0.25) is 9.59 Å². The summed E-state index contributed by atoms with van der Waals surface area (Å²) in [7, 11) is 1.78. The second-order valence-corrected chi connectivity index (χ2v) is 10.3. The number of aromatic nitrogens is 1.